The van der Waals surface area contributed by atoms with Gasteiger partial charge in [-0.05, 0) is 26.2 Å². The van der Waals surface area contributed by atoms with Gasteiger partial charge in [0.25, 0.3) is 0 Å². The largest absolute Gasteiger partial charge is 0.340 e. The number of hydrogen-bond donors (Lipinski definition) is 0. The molecule has 1 saturated heterocycles. The highest BCUT2D eigenvalue weighted by Gasteiger charge is 2.50. The van der Waals surface area contributed by atoms with Crippen molar-refractivity contribution in [1.82, 2.24) is 4.90 Å². The molecule has 0 saturated carbocycles. The lowest BCUT2D eigenvalue weighted by molar-refractivity contribution is -0.147. The maximum Gasteiger partial charge on any atom is 0.230 e. The molecule has 0 spiro atoms. The summed E-state index contributed by atoms with van der Waals surface area (Å²) in [7, 11) is 0. The third-order valence-corrected chi connectivity index (χ3v) is 4.53. The minimum Gasteiger partial charge on any atom is -0.340 e. The Balaban J connectivity index is 2.44. The van der Waals surface area contributed by atoms with Crippen LogP contribution in [-0.4, -0.2) is 29.2 Å². The van der Waals surface area contributed by atoms with Gasteiger partial charge in [0.05, 0.1) is 11.5 Å². The molecule has 4 heteroatoms. The number of carbonyl (C=O) groups excluding carboxylic acids is 2. The van der Waals surface area contributed by atoms with E-state index in [4.69, 9.17) is 5.26 Å². The van der Waals surface area contributed by atoms with Gasteiger partial charge >= 0.3 is 0 Å². The molecule has 1 heterocycles. The maximum absolute atomic E-state index is 12.5. The fourth-order valence-electron chi connectivity index (χ4n) is 3.30. The third-order valence-electron chi connectivity index (χ3n) is 4.53. The number of likely N-dealkylation sites (tertiary alicyclic amines) is 1. The summed E-state index contributed by atoms with van der Waals surface area (Å²) in [6, 6.07) is 2.11. The summed E-state index contributed by atoms with van der Waals surface area (Å²) in [4.78, 5) is 26.6. The molecule has 0 aromatic heterocycles. The molecule has 0 N–H and O–H groups in total. The third kappa shape index (κ3) is 1.98. The number of allylic oxidation sites excluding steroid dienone is 1. The van der Waals surface area contributed by atoms with Crippen LogP contribution in [0.5, 0.6) is 0 Å². The van der Waals surface area contributed by atoms with Crippen LogP contribution in [0.1, 0.15) is 34.1 Å². The zero-order valence-electron chi connectivity index (χ0n) is 11.9. The Bertz CT molecular complexity index is 497. The Hall–Kier alpha value is -1.63. The van der Waals surface area contributed by atoms with Crippen LogP contribution in [0.3, 0.4) is 0 Å². The molecule has 0 bridgehead atoms. The number of piperidine rings is 1. The predicted molar refractivity (Wildman–Crippen MR) is 70.9 cm³/mol. The topological polar surface area (TPSA) is 61.2 Å². The van der Waals surface area contributed by atoms with Crippen LogP contribution in [0.4, 0.5) is 0 Å². The Morgan fingerprint density at radius 1 is 1.42 bits per heavy atom. The van der Waals surface area contributed by atoms with Gasteiger partial charge in [-0.25, -0.2) is 0 Å². The second kappa shape index (κ2) is 4.48. The Morgan fingerprint density at radius 3 is 2.58 bits per heavy atom. The lowest BCUT2D eigenvalue weighted by Crippen LogP contribution is -2.54. The summed E-state index contributed by atoms with van der Waals surface area (Å²) in [6.45, 7) is 8.40. The van der Waals surface area contributed by atoms with Crippen LogP contribution >= 0.6 is 0 Å². The van der Waals surface area contributed by atoms with Crippen molar-refractivity contribution >= 4 is 11.7 Å². The average molecular weight is 260 g/mol. The first-order valence-corrected chi connectivity index (χ1v) is 6.78. The SMILES string of the molecule is CC(C)N1CCC2C(C=C(C#N)C(=O)C2(C)C)C1=O. The van der Waals surface area contributed by atoms with E-state index in [1.165, 1.54) is 0 Å². The van der Waals surface area contributed by atoms with Crippen LogP contribution in [-0.2, 0) is 9.59 Å². The predicted octanol–water partition coefficient (Wildman–Crippen LogP) is 1.92. The molecule has 1 aliphatic heterocycles. The number of rotatable bonds is 1. The van der Waals surface area contributed by atoms with Crippen molar-refractivity contribution in [3.8, 4) is 6.07 Å². The molecule has 0 radical (unpaired) electrons. The number of nitrogens with zero attached hydrogens (tertiary/aromatic N) is 2. The number of Topliss-reactive ketones (excluding diaryl/α,β-unsaturated/α-hetero) is 1. The van der Waals surface area contributed by atoms with Crippen molar-refractivity contribution in [3.63, 3.8) is 0 Å². The molecule has 1 aliphatic carbocycles. The Labute approximate surface area is 114 Å². The monoisotopic (exact) mass is 260 g/mol. The number of nitriles is 1. The standard InChI is InChI=1S/C15H20N2O2/c1-9(2)17-6-5-12-11(14(17)19)7-10(8-16)13(18)15(12,3)4/h7,9,11-12H,5-6H2,1-4H3. The van der Waals surface area contributed by atoms with Crippen molar-refractivity contribution in [2.24, 2.45) is 17.3 Å². The molecule has 2 rings (SSSR count). The summed E-state index contributed by atoms with van der Waals surface area (Å²) in [5.74, 6) is -0.375. The van der Waals surface area contributed by atoms with Crippen LogP contribution < -0.4 is 0 Å². The minimum absolute atomic E-state index is 0.0135. The molecule has 4 nitrogen and oxygen atoms in total. The van der Waals surface area contributed by atoms with Crippen molar-refractivity contribution in [2.75, 3.05) is 6.54 Å². The van der Waals surface area contributed by atoms with E-state index in [1.807, 2.05) is 38.7 Å². The highest BCUT2D eigenvalue weighted by Crippen LogP contribution is 2.45. The summed E-state index contributed by atoms with van der Waals surface area (Å²) in [5, 5.41) is 9.08. The van der Waals surface area contributed by atoms with Crippen LogP contribution in [0, 0.1) is 28.6 Å². The number of hydrogen-bond acceptors (Lipinski definition) is 3. The lowest BCUT2D eigenvalue weighted by atomic mass is 9.61. The van der Waals surface area contributed by atoms with Gasteiger partial charge in [-0.3, -0.25) is 9.59 Å². The van der Waals surface area contributed by atoms with E-state index in [0.717, 1.165) is 6.42 Å². The van der Waals surface area contributed by atoms with Crippen molar-refractivity contribution in [1.29, 1.82) is 5.26 Å². The van der Waals surface area contributed by atoms with Crippen LogP contribution in [0.25, 0.3) is 0 Å². The molecular formula is C15H20N2O2. The van der Waals surface area contributed by atoms with Crippen LogP contribution in [0.15, 0.2) is 11.6 Å². The van der Waals surface area contributed by atoms with E-state index < -0.39 is 5.41 Å². The molecule has 2 atom stereocenters. The van der Waals surface area contributed by atoms with Gasteiger partial charge in [0.1, 0.15) is 6.07 Å². The smallest absolute Gasteiger partial charge is 0.230 e. The second-order valence-corrected chi connectivity index (χ2v) is 6.29. The van der Waals surface area contributed by atoms with Gasteiger partial charge in [0.15, 0.2) is 5.78 Å². The molecule has 1 amide bonds. The van der Waals surface area contributed by atoms with E-state index in [1.54, 1.807) is 6.08 Å². The molecular weight excluding hydrogens is 240 g/mol. The minimum atomic E-state index is -0.622. The fourth-order valence-corrected chi connectivity index (χ4v) is 3.30. The van der Waals surface area contributed by atoms with Gasteiger partial charge in [-0.1, -0.05) is 19.9 Å². The molecule has 2 aliphatic rings. The Morgan fingerprint density at radius 2 is 2.05 bits per heavy atom. The highest BCUT2D eigenvalue weighted by molar-refractivity contribution is 6.05. The van der Waals surface area contributed by atoms with E-state index in [-0.39, 0.29) is 35.1 Å². The van der Waals surface area contributed by atoms with E-state index in [2.05, 4.69) is 0 Å². The summed E-state index contributed by atoms with van der Waals surface area (Å²) >= 11 is 0. The summed E-state index contributed by atoms with van der Waals surface area (Å²) in [5.41, 5.74) is -0.478. The zero-order valence-corrected chi connectivity index (χ0v) is 11.9. The number of amides is 1. The van der Waals surface area contributed by atoms with E-state index in [0.29, 0.717) is 6.54 Å². The first-order valence-electron chi connectivity index (χ1n) is 6.78. The van der Waals surface area contributed by atoms with Gasteiger partial charge in [0, 0.05) is 18.0 Å². The quantitative estimate of drug-likeness (QED) is 0.723. The first-order chi connectivity index (χ1) is 8.80. The molecule has 102 valence electrons. The molecule has 19 heavy (non-hydrogen) atoms. The van der Waals surface area contributed by atoms with E-state index in [9.17, 15) is 9.59 Å². The van der Waals surface area contributed by atoms with Gasteiger partial charge in [-0.15, -0.1) is 0 Å². The summed E-state index contributed by atoms with van der Waals surface area (Å²) in [6.07, 6.45) is 2.41. The number of ketones is 1. The molecule has 2 unspecified atom stereocenters. The zero-order chi connectivity index (χ0) is 14.4. The second-order valence-electron chi connectivity index (χ2n) is 6.29. The fraction of sp³-hybridized carbons (Fsp3) is 0.667. The van der Waals surface area contributed by atoms with Gasteiger partial charge in [0.2, 0.25) is 5.91 Å². The average Bonchev–Trinajstić information content (AvgIpc) is 2.34. The van der Waals surface area contributed by atoms with Crippen LogP contribution in [0.2, 0.25) is 0 Å². The van der Waals surface area contributed by atoms with Crippen molar-refractivity contribution < 1.29 is 9.59 Å². The Kier molecular flexibility index (Phi) is 3.25. The van der Waals surface area contributed by atoms with Gasteiger partial charge < -0.3 is 4.90 Å². The van der Waals surface area contributed by atoms with Crippen molar-refractivity contribution in [3.05, 3.63) is 11.6 Å². The van der Waals surface area contributed by atoms with Gasteiger partial charge in [-0.2, -0.15) is 5.26 Å². The highest BCUT2D eigenvalue weighted by atomic mass is 16.2. The van der Waals surface area contributed by atoms with E-state index >= 15 is 0 Å². The lowest BCUT2D eigenvalue weighted by Gasteiger charge is -2.46. The number of fused-ring (bicyclic) bond motifs is 1. The molecule has 1 fully saturated rings. The van der Waals surface area contributed by atoms with Crippen molar-refractivity contribution in [2.45, 2.75) is 40.2 Å². The molecule has 0 aromatic rings. The maximum atomic E-state index is 12.5. The summed E-state index contributed by atoms with van der Waals surface area (Å²) < 4.78 is 0. The first kappa shape index (κ1) is 13.8. The normalized spacial score (nSPS) is 29.9. The molecule has 0 aromatic carbocycles. The number of carbonyl (C=O) groups is 2.